The van der Waals surface area contributed by atoms with Crippen LogP contribution in [-0.4, -0.2) is 11.5 Å². The maximum Gasteiger partial charge on any atom is 0.275 e. The molecule has 1 aromatic carbocycles. The number of nitrogens with zero attached hydrogens (tertiary/aromatic N) is 1. The number of nitro groups is 1. The van der Waals surface area contributed by atoms with Crippen molar-refractivity contribution in [3.8, 4) is 0 Å². The second kappa shape index (κ2) is 5.50. The minimum Gasteiger partial charge on any atom is -0.380 e. The van der Waals surface area contributed by atoms with Gasteiger partial charge in [-0.05, 0) is 24.7 Å². The largest absolute Gasteiger partial charge is 0.380 e. The number of anilines is 1. The molecule has 1 saturated carbocycles. The average Bonchev–Trinajstić information content (AvgIpc) is 2.73. The van der Waals surface area contributed by atoms with E-state index in [1.54, 1.807) is 0 Å². The van der Waals surface area contributed by atoms with Crippen molar-refractivity contribution in [3.63, 3.8) is 0 Å². The summed E-state index contributed by atoms with van der Waals surface area (Å²) in [5.41, 5.74) is -0.847. The first-order valence-corrected chi connectivity index (χ1v) is 6.34. The number of non-ortho nitro benzene ring substituents is 1. The molecule has 6 heteroatoms. The van der Waals surface area contributed by atoms with E-state index in [1.165, 1.54) is 0 Å². The molecule has 1 aromatic rings. The molecule has 0 aromatic heterocycles. The highest BCUT2D eigenvalue weighted by atomic mass is 19.1. The van der Waals surface area contributed by atoms with E-state index in [9.17, 15) is 18.9 Å². The highest BCUT2D eigenvalue weighted by Crippen LogP contribution is 2.31. The van der Waals surface area contributed by atoms with E-state index >= 15 is 0 Å². The van der Waals surface area contributed by atoms with Crippen molar-refractivity contribution < 1.29 is 13.7 Å². The van der Waals surface area contributed by atoms with Crippen LogP contribution in [0.1, 0.15) is 26.2 Å². The molecule has 0 heterocycles. The van der Waals surface area contributed by atoms with Crippen LogP contribution in [0.2, 0.25) is 0 Å². The highest BCUT2D eigenvalue weighted by Gasteiger charge is 2.22. The first-order valence-electron chi connectivity index (χ1n) is 6.34. The van der Waals surface area contributed by atoms with Crippen molar-refractivity contribution >= 4 is 11.4 Å². The van der Waals surface area contributed by atoms with Gasteiger partial charge in [0.2, 0.25) is 0 Å². The van der Waals surface area contributed by atoms with E-state index in [0.717, 1.165) is 31.4 Å². The molecule has 4 nitrogen and oxygen atoms in total. The fourth-order valence-corrected chi connectivity index (χ4v) is 2.59. The van der Waals surface area contributed by atoms with E-state index in [1.807, 2.05) is 0 Å². The van der Waals surface area contributed by atoms with Crippen molar-refractivity contribution in [2.75, 3.05) is 11.9 Å². The maximum atomic E-state index is 13.6. The summed E-state index contributed by atoms with van der Waals surface area (Å²) in [6, 6.07) is 1.48. The molecule has 1 fully saturated rings. The smallest absolute Gasteiger partial charge is 0.275 e. The number of hydrogen-bond donors (Lipinski definition) is 1. The lowest BCUT2D eigenvalue weighted by Crippen LogP contribution is -2.13. The molecule has 19 heavy (non-hydrogen) atoms. The van der Waals surface area contributed by atoms with E-state index in [0.29, 0.717) is 18.4 Å². The molecule has 1 aliphatic rings. The fraction of sp³-hybridized carbons (Fsp3) is 0.538. The Kier molecular flexibility index (Phi) is 3.97. The van der Waals surface area contributed by atoms with Crippen molar-refractivity contribution in [1.29, 1.82) is 0 Å². The molecule has 2 rings (SSSR count). The van der Waals surface area contributed by atoms with Gasteiger partial charge in [0.25, 0.3) is 5.69 Å². The van der Waals surface area contributed by atoms with E-state index in [2.05, 4.69) is 12.2 Å². The summed E-state index contributed by atoms with van der Waals surface area (Å²) in [4.78, 5) is 9.66. The minimum atomic E-state index is -0.919. The van der Waals surface area contributed by atoms with Gasteiger partial charge in [0.05, 0.1) is 17.1 Å². The van der Waals surface area contributed by atoms with Crippen molar-refractivity contribution in [2.45, 2.75) is 26.2 Å². The van der Waals surface area contributed by atoms with Crippen molar-refractivity contribution in [1.82, 2.24) is 0 Å². The third-order valence-electron chi connectivity index (χ3n) is 3.61. The van der Waals surface area contributed by atoms with Crippen LogP contribution in [0, 0.1) is 33.6 Å². The molecule has 0 amide bonds. The van der Waals surface area contributed by atoms with E-state index < -0.39 is 22.2 Å². The lowest BCUT2D eigenvalue weighted by molar-refractivity contribution is -0.385. The number of hydrogen-bond acceptors (Lipinski definition) is 3. The van der Waals surface area contributed by atoms with Crippen molar-refractivity contribution in [2.24, 2.45) is 11.8 Å². The molecular formula is C13H16F2N2O2. The first-order chi connectivity index (χ1) is 8.97. The van der Waals surface area contributed by atoms with Gasteiger partial charge in [-0.3, -0.25) is 10.1 Å². The summed E-state index contributed by atoms with van der Waals surface area (Å²) in [5, 5.41) is 13.2. The molecule has 2 atom stereocenters. The van der Waals surface area contributed by atoms with Gasteiger partial charge in [-0.1, -0.05) is 13.3 Å². The zero-order valence-corrected chi connectivity index (χ0v) is 10.7. The summed E-state index contributed by atoms with van der Waals surface area (Å²) >= 11 is 0. The Morgan fingerprint density at radius 1 is 1.37 bits per heavy atom. The molecule has 2 unspecified atom stereocenters. The lowest BCUT2D eigenvalue weighted by Gasteiger charge is -2.13. The topological polar surface area (TPSA) is 55.2 Å². The van der Waals surface area contributed by atoms with Crippen LogP contribution >= 0.6 is 0 Å². The van der Waals surface area contributed by atoms with Gasteiger partial charge in [0.1, 0.15) is 5.69 Å². The lowest BCUT2D eigenvalue weighted by atomic mass is 10.1. The van der Waals surface area contributed by atoms with Gasteiger partial charge in [0.15, 0.2) is 11.6 Å². The number of benzene rings is 1. The van der Waals surface area contributed by atoms with Crippen molar-refractivity contribution in [3.05, 3.63) is 33.9 Å². The normalized spacial score (nSPS) is 22.5. The van der Waals surface area contributed by atoms with Crippen LogP contribution in [0.5, 0.6) is 0 Å². The predicted octanol–water partition coefficient (Wildman–Crippen LogP) is 3.72. The second-order valence-electron chi connectivity index (χ2n) is 5.21. The first kappa shape index (κ1) is 13.7. The molecule has 0 bridgehead atoms. The Morgan fingerprint density at radius 2 is 2.00 bits per heavy atom. The molecule has 1 N–H and O–H groups in total. The molecular weight excluding hydrogens is 254 g/mol. The van der Waals surface area contributed by atoms with Gasteiger partial charge in [-0.25, -0.2) is 8.78 Å². The third-order valence-corrected chi connectivity index (χ3v) is 3.61. The quantitative estimate of drug-likeness (QED) is 0.670. The Balaban J connectivity index is 2.06. The van der Waals surface area contributed by atoms with Gasteiger partial charge >= 0.3 is 0 Å². The second-order valence-corrected chi connectivity index (χ2v) is 5.21. The molecule has 0 spiro atoms. The minimum absolute atomic E-state index is 0.273. The summed E-state index contributed by atoms with van der Waals surface area (Å²) in [5.74, 6) is -0.780. The third kappa shape index (κ3) is 3.19. The van der Waals surface area contributed by atoms with Crippen LogP contribution in [0.3, 0.4) is 0 Å². The Labute approximate surface area is 110 Å². The summed E-state index contributed by atoms with van der Waals surface area (Å²) in [7, 11) is 0. The molecule has 1 aliphatic carbocycles. The summed E-state index contributed by atoms with van der Waals surface area (Å²) < 4.78 is 27.2. The molecule has 0 aliphatic heterocycles. The summed E-state index contributed by atoms with van der Waals surface area (Å²) in [6.45, 7) is 2.66. The standard InChI is InChI=1S/C13H16F2N2O2/c1-8-2-3-9(4-8)7-16-13-11(14)5-10(17(18)19)6-12(13)15/h5-6,8-9,16H,2-4,7H2,1H3. The zero-order chi connectivity index (χ0) is 14.0. The number of nitrogens with one attached hydrogen (secondary N) is 1. The van der Waals surface area contributed by atoms with Crippen LogP contribution < -0.4 is 5.32 Å². The highest BCUT2D eigenvalue weighted by molar-refractivity contribution is 5.51. The average molecular weight is 270 g/mol. The van der Waals surface area contributed by atoms with Crippen LogP contribution in [-0.2, 0) is 0 Å². The van der Waals surface area contributed by atoms with Gasteiger partial charge in [-0.2, -0.15) is 0 Å². The number of halogens is 2. The maximum absolute atomic E-state index is 13.6. The predicted molar refractivity (Wildman–Crippen MR) is 68.0 cm³/mol. The Bertz CT molecular complexity index is 471. The van der Waals surface area contributed by atoms with Gasteiger partial charge in [-0.15, -0.1) is 0 Å². The summed E-state index contributed by atoms with van der Waals surface area (Å²) in [6.07, 6.45) is 3.23. The van der Waals surface area contributed by atoms with Gasteiger partial charge in [0, 0.05) is 6.54 Å². The van der Waals surface area contributed by atoms with E-state index in [4.69, 9.17) is 0 Å². The van der Waals surface area contributed by atoms with Crippen LogP contribution in [0.25, 0.3) is 0 Å². The van der Waals surface area contributed by atoms with Crippen LogP contribution in [0.15, 0.2) is 12.1 Å². The van der Waals surface area contributed by atoms with Gasteiger partial charge < -0.3 is 5.32 Å². The van der Waals surface area contributed by atoms with Crippen LogP contribution in [0.4, 0.5) is 20.2 Å². The monoisotopic (exact) mass is 270 g/mol. The molecule has 104 valence electrons. The molecule has 0 radical (unpaired) electrons. The Hall–Kier alpha value is -1.72. The molecule has 0 saturated heterocycles. The zero-order valence-electron chi connectivity index (χ0n) is 10.7. The number of rotatable bonds is 4. The fourth-order valence-electron chi connectivity index (χ4n) is 2.59. The Morgan fingerprint density at radius 3 is 2.47 bits per heavy atom. The van der Waals surface area contributed by atoms with E-state index in [-0.39, 0.29) is 5.69 Å². The SMILES string of the molecule is CC1CCC(CNc2c(F)cc([N+](=O)[O-])cc2F)C1. The number of nitro benzene ring substituents is 1.